The molecule has 1 heterocycles. The predicted molar refractivity (Wildman–Crippen MR) is 75.2 cm³/mol. The first-order valence-corrected chi connectivity index (χ1v) is 6.42. The van der Waals surface area contributed by atoms with Gasteiger partial charge in [-0.15, -0.1) is 0 Å². The number of pyridine rings is 1. The molecule has 2 amide bonds. The molecule has 0 radical (unpaired) electrons. The van der Waals surface area contributed by atoms with Gasteiger partial charge in [-0.3, -0.25) is 9.78 Å². The lowest BCUT2D eigenvalue weighted by molar-refractivity contribution is -0.122. The van der Waals surface area contributed by atoms with Gasteiger partial charge >= 0.3 is 6.09 Å². The van der Waals surface area contributed by atoms with Crippen molar-refractivity contribution < 1.29 is 14.3 Å². The molecule has 110 valence electrons. The van der Waals surface area contributed by atoms with E-state index in [1.807, 2.05) is 0 Å². The van der Waals surface area contributed by atoms with Crippen LogP contribution in [0, 0.1) is 0 Å². The Labute approximate surface area is 118 Å². The molecule has 0 aliphatic carbocycles. The molecular weight excluding hydrogens is 258 g/mol. The van der Waals surface area contributed by atoms with Crippen LogP contribution in [0.25, 0.3) is 0 Å². The van der Waals surface area contributed by atoms with Gasteiger partial charge < -0.3 is 15.4 Å². The fourth-order valence-electron chi connectivity index (χ4n) is 1.59. The lowest BCUT2D eigenvalue weighted by Crippen LogP contribution is -2.48. The first kappa shape index (κ1) is 15.9. The minimum Gasteiger partial charge on any atom is -0.444 e. The van der Waals surface area contributed by atoms with E-state index in [2.05, 4.69) is 15.6 Å². The molecule has 2 N–H and O–H groups in total. The highest BCUT2D eigenvalue weighted by molar-refractivity contribution is 5.85. The van der Waals surface area contributed by atoms with Gasteiger partial charge in [0.05, 0.1) is 0 Å². The molecular formula is C14H21N3O3. The van der Waals surface area contributed by atoms with Crippen LogP contribution in [0.2, 0.25) is 0 Å². The van der Waals surface area contributed by atoms with Crippen molar-refractivity contribution >= 4 is 12.0 Å². The van der Waals surface area contributed by atoms with E-state index in [0.717, 1.165) is 5.56 Å². The standard InChI is InChI=1S/C14H21N3O3/c1-14(2,3)20-13(19)17-11(12(18)15-4)9-10-5-7-16-8-6-10/h5-8,11H,9H2,1-4H3,(H,15,18)(H,17,19)/t11-/m0/s1. The topological polar surface area (TPSA) is 80.3 Å². The summed E-state index contributed by atoms with van der Waals surface area (Å²) in [5.74, 6) is -0.271. The normalized spacial score (nSPS) is 12.4. The van der Waals surface area contributed by atoms with E-state index in [-0.39, 0.29) is 5.91 Å². The summed E-state index contributed by atoms with van der Waals surface area (Å²) in [5, 5.41) is 5.11. The minimum absolute atomic E-state index is 0.271. The van der Waals surface area contributed by atoms with E-state index < -0.39 is 17.7 Å². The highest BCUT2D eigenvalue weighted by Gasteiger charge is 2.23. The van der Waals surface area contributed by atoms with Gasteiger partial charge in [-0.2, -0.15) is 0 Å². The molecule has 6 heteroatoms. The predicted octanol–water partition coefficient (Wildman–Crippen LogP) is 1.26. The SMILES string of the molecule is CNC(=O)[C@H](Cc1ccncc1)NC(=O)OC(C)(C)C. The largest absolute Gasteiger partial charge is 0.444 e. The van der Waals surface area contributed by atoms with Crippen LogP contribution in [0.5, 0.6) is 0 Å². The van der Waals surface area contributed by atoms with Crippen molar-refractivity contribution in [2.24, 2.45) is 0 Å². The third-order valence-electron chi connectivity index (χ3n) is 2.44. The minimum atomic E-state index is -0.683. The number of nitrogens with one attached hydrogen (secondary N) is 2. The van der Waals surface area contributed by atoms with Crippen molar-refractivity contribution in [3.8, 4) is 0 Å². The number of hydrogen-bond acceptors (Lipinski definition) is 4. The van der Waals surface area contributed by atoms with Crippen LogP contribution in [0.4, 0.5) is 4.79 Å². The number of carbonyl (C=O) groups excluding carboxylic acids is 2. The lowest BCUT2D eigenvalue weighted by atomic mass is 10.1. The van der Waals surface area contributed by atoms with Gasteiger partial charge in [-0.1, -0.05) is 0 Å². The van der Waals surface area contributed by atoms with E-state index in [4.69, 9.17) is 4.74 Å². The average molecular weight is 279 g/mol. The summed E-state index contributed by atoms with van der Waals surface area (Å²) >= 11 is 0. The molecule has 0 bridgehead atoms. The monoisotopic (exact) mass is 279 g/mol. The van der Waals surface area contributed by atoms with E-state index in [0.29, 0.717) is 6.42 Å². The summed E-state index contributed by atoms with van der Waals surface area (Å²) in [6, 6.07) is 2.91. The molecule has 1 aromatic heterocycles. The molecule has 0 aliphatic rings. The highest BCUT2D eigenvalue weighted by Crippen LogP contribution is 2.08. The second-order valence-corrected chi connectivity index (χ2v) is 5.37. The van der Waals surface area contributed by atoms with Crippen molar-refractivity contribution in [3.63, 3.8) is 0 Å². The molecule has 1 rings (SSSR count). The number of rotatable bonds is 4. The zero-order valence-electron chi connectivity index (χ0n) is 12.3. The molecule has 0 aromatic carbocycles. The zero-order valence-corrected chi connectivity index (χ0v) is 12.3. The summed E-state index contributed by atoms with van der Waals surface area (Å²) in [7, 11) is 1.53. The van der Waals surface area contributed by atoms with Gasteiger partial charge in [-0.05, 0) is 38.5 Å². The molecule has 0 aliphatic heterocycles. The first-order chi connectivity index (χ1) is 9.31. The van der Waals surface area contributed by atoms with Crippen LogP contribution in [0.3, 0.4) is 0 Å². The molecule has 0 spiro atoms. The van der Waals surface area contributed by atoms with Crippen molar-refractivity contribution in [2.75, 3.05) is 7.05 Å². The number of aromatic nitrogens is 1. The Morgan fingerprint density at radius 2 is 1.90 bits per heavy atom. The van der Waals surface area contributed by atoms with Crippen molar-refractivity contribution in [3.05, 3.63) is 30.1 Å². The number of likely N-dealkylation sites (N-methyl/N-ethyl adjacent to an activating group) is 1. The maximum absolute atomic E-state index is 11.8. The Kier molecular flexibility index (Phi) is 5.49. The zero-order chi connectivity index (χ0) is 15.2. The third-order valence-corrected chi connectivity index (χ3v) is 2.44. The van der Waals surface area contributed by atoms with E-state index in [1.165, 1.54) is 7.05 Å². The van der Waals surface area contributed by atoms with E-state index in [9.17, 15) is 9.59 Å². The Morgan fingerprint density at radius 1 is 1.30 bits per heavy atom. The van der Waals surface area contributed by atoms with Crippen molar-refractivity contribution in [1.82, 2.24) is 15.6 Å². The van der Waals surface area contributed by atoms with Gasteiger partial charge in [0.1, 0.15) is 11.6 Å². The first-order valence-electron chi connectivity index (χ1n) is 6.42. The van der Waals surface area contributed by atoms with Crippen LogP contribution < -0.4 is 10.6 Å². The molecule has 1 aromatic rings. The maximum atomic E-state index is 11.8. The number of ether oxygens (including phenoxy) is 1. The van der Waals surface area contributed by atoms with Gasteiger partial charge in [-0.25, -0.2) is 4.79 Å². The van der Waals surface area contributed by atoms with E-state index >= 15 is 0 Å². The second kappa shape index (κ2) is 6.88. The van der Waals surface area contributed by atoms with Crippen molar-refractivity contribution in [2.45, 2.75) is 38.8 Å². The number of nitrogens with zero attached hydrogens (tertiary/aromatic N) is 1. The lowest BCUT2D eigenvalue weighted by Gasteiger charge is -2.23. The Morgan fingerprint density at radius 3 is 2.40 bits per heavy atom. The third kappa shape index (κ3) is 5.69. The summed E-state index contributed by atoms with van der Waals surface area (Å²) in [6.07, 6.45) is 3.05. The maximum Gasteiger partial charge on any atom is 0.408 e. The number of alkyl carbamates (subject to hydrolysis) is 1. The van der Waals surface area contributed by atoms with E-state index in [1.54, 1.807) is 45.3 Å². The van der Waals surface area contributed by atoms with Gasteiger partial charge in [0, 0.05) is 25.9 Å². The van der Waals surface area contributed by atoms with Gasteiger partial charge in [0.15, 0.2) is 0 Å². The fourth-order valence-corrected chi connectivity index (χ4v) is 1.59. The van der Waals surface area contributed by atoms with Crippen LogP contribution in [-0.4, -0.2) is 35.7 Å². The molecule has 6 nitrogen and oxygen atoms in total. The molecule has 20 heavy (non-hydrogen) atoms. The number of carbonyl (C=O) groups is 2. The van der Waals surface area contributed by atoms with Gasteiger partial charge in [0.25, 0.3) is 0 Å². The second-order valence-electron chi connectivity index (χ2n) is 5.37. The molecule has 0 fully saturated rings. The van der Waals surface area contributed by atoms with Crippen molar-refractivity contribution in [1.29, 1.82) is 0 Å². The smallest absolute Gasteiger partial charge is 0.408 e. The summed E-state index contributed by atoms with van der Waals surface area (Å²) in [4.78, 5) is 27.5. The molecule has 0 saturated heterocycles. The number of amides is 2. The Bertz CT molecular complexity index is 454. The van der Waals surface area contributed by atoms with Gasteiger partial charge in [0.2, 0.25) is 5.91 Å². The Hall–Kier alpha value is -2.11. The molecule has 0 unspecified atom stereocenters. The summed E-state index contributed by atoms with van der Waals surface area (Å²) in [6.45, 7) is 5.30. The van der Waals surface area contributed by atoms with Crippen LogP contribution in [-0.2, 0) is 16.0 Å². The summed E-state index contributed by atoms with van der Waals surface area (Å²) < 4.78 is 5.16. The fraction of sp³-hybridized carbons (Fsp3) is 0.500. The number of hydrogen-bond donors (Lipinski definition) is 2. The van der Waals surface area contributed by atoms with Crippen LogP contribution >= 0.6 is 0 Å². The van der Waals surface area contributed by atoms with Crippen LogP contribution in [0.15, 0.2) is 24.5 Å². The highest BCUT2D eigenvalue weighted by atomic mass is 16.6. The molecule has 1 atom stereocenters. The quantitative estimate of drug-likeness (QED) is 0.869. The molecule has 0 saturated carbocycles. The average Bonchev–Trinajstić information content (AvgIpc) is 2.36. The summed E-state index contributed by atoms with van der Waals surface area (Å²) in [5.41, 5.74) is 0.304. The van der Waals surface area contributed by atoms with Crippen LogP contribution in [0.1, 0.15) is 26.3 Å². The Balaban J connectivity index is 2.70.